The average molecular weight is 620 g/mol. The number of anilines is 3. The third-order valence-electron chi connectivity index (χ3n) is 7.52. The van der Waals surface area contributed by atoms with E-state index in [-0.39, 0.29) is 18.3 Å². The Morgan fingerprint density at radius 3 is 2.49 bits per heavy atom. The van der Waals surface area contributed by atoms with Crippen LogP contribution in [0.15, 0.2) is 61.6 Å². The van der Waals surface area contributed by atoms with Gasteiger partial charge in [-0.2, -0.15) is 4.98 Å². The van der Waals surface area contributed by atoms with Crippen molar-refractivity contribution in [2.24, 2.45) is 0 Å². The van der Waals surface area contributed by atoms with Gasteiger partial charge < -0.3 is 24.4 Å². The van der Waals surface area contributed by atoms with Crippen LogP contribution >= 0.6 is 23.2 Å². The van der Waals surface area contributed by atoms with E-state index in [1.54, 1.807) is 31.8 Å². The predicted molar refractivity (Wildman–Crippen MR) is 168 cm³/mol. The number of carbonyl (C=O) groups is 1. The van der Waals surface area contributed by atoms with Crippen molar-refractivity contribution in [3.05, 3.63) is 77.2 Å². The number of fused-ring (bicyclic) bond motifs is 3. The number of hydrogen-bond acceptors (Lipinski definition) is 9. The molecule has 1 saturated heterocycles. The van der Waals surface area contributed by atoms with Gasteiger partial charge in [-0.15, -0.1) is 0 Å². The minimum Gasteiger partial charge on any atom is -0.495 e. The summed E-state index contributed by atoms with van der Waals surface area (Å²) >= 11 is 13.5. The Morgan fingerprint density at radius 1 is 1.07 bits per heavy atom. The van der Waals surface area contributed by atoms with Crippen LogP contribution in [0.4, 0.5) is 17.3 Å². The second-order valence-corrected chi connectivity index (χ2v) is 10.8. The molecule has 12 heteroatoms. The molecule has 0 aliphatic carbocycles. The smallest absolute Gasteiger partial charge is 0.229 e. The first-order chi connectivity index (χ1) is 20.8. The number of methoxy groups -OCH3 is 3. The quantitative estimate of drug-likeness (QED) is 0.185. The lowest BCUT2D eigenvalue weighted by atomic mass is 10.0. The van der Waals surface area contributed by atoms with Gasteiger partial charge in [0.15, 0.2) is 11.4 Å². The van der Waals surface area contributed by atoms with Gasteiger partial charge in [-0.05, 0) is 35.9 Å². The van der Waals surface area contributed by atoms with E-state index in [2.05, 4.69) is 26.8 Å². The molecule has 0 atom stereocenters. The minimum atomic E-state index is -0.0860. The van der Waals surface area contributed by atoms with Crippen molar-refractivity contribution in [2.75, 3.05) is 44.6 Å². The van der Waals surface area contributed by atoms with E-state index in [0.29, 0.717) is 49.9 Å². The number of halogens is 2. The highest BCUT2D eigenvalue weighted by molar-refractivity contribution is 6.41. The summed E-state index contributed by atoms with van der Waals surface area (Å²) in [7, 11) is 4.77. The number of pyridine rings is 1. The van der Waals surface area contributed by atoms with Crippen LogP contribution in [0.25, 0.3) is 27.8 Å². The second-order valence-electron chi connectivity index (χ2n) is 10.0. The SMILES string of the molecule is C=CC(=O)Cc1cc(N2CC(OC)C2)ccc1Nc1ncc2cc(-c3c(Cl)c(OC)cc(OC)c3Cl)c3nccn3c2n1. The zero-order valence-electron chi connectivity index (χ0n) is 23.7. The van der Waals surface area contributed by atoms with Gasteiger partial charge in [0.2, 0.25) is 5.95 Å². The summed E-state index contributed by atoms with van der Waals surface area (Å²) in [5.74, 6) is 1.11. The fraction of sp³-hybridized carbons (Fsp3) is 0.226. The molecule has 0 unspecified atom stereocenters. The van der Waals surface area contributed by atoms with E-state index < -0.39 is 0 Å². The van der Waals surface area contributed by atoms with E-state index in [1.807, 2.05) is 28.7 Å². The first kappa shape index (κ1) is 28.7. The maximum atomic E-state index is 12.4. The third-order valence-corrected chi connectivity index (χ3v) is 8.27. The zero-order chi connectivity index (χ0) is 30.2. The zero-order valence-corrected chi connectivity index (χ0v) is 25.2. The number of ether oxygens (including phenoxy) is 3. The number of hydrogen-bond donors (Lipinski definition) is 1. The molecule has 1 aliphatic heterocycles. The highest BCUT2D eigenvalue weighted by Crippen LogP contribution is 2.47. The van der Waals surface area contributed by atoms with Crippen LogP contribution in [0.1, 0.15) is 5.56 Å². The molecule has 4 heterocycles. The van der Waals surface area contributed by atoms with E-state index in [9.17, 15) is 4.79 Å². The largest absolute Gasteiger partial charge is 0.495 e. The summed E-state index contributed by atoms with van der Waals surface area (Å²) < 4.78 is 18.2. The van der Waals surface area contributed by atoms with Gasteiger partial charge in [-0.3, -0.25) is 9.20 Å². The number of benzene rings is 2. The number of imidazole rings is 1. The lowest BCUT2D eigenvalue weighted by molar-refractivity contribution is -0.114. The van der Waals surface area contributed by atoms with Crippen molar-refractivity contribution in [3.63, 3.8) is 0 Å². The first-order valence-corrected chi connectivity index (χ1v) is 14.2. The Balaban J connectivity index is 1.41. The molecule has 0 saturated carbocycles. The normalized spacial score (nSPS) is 13.3. The van der Waals surface area contributed by atoms with Gasteiger partial charge >= 0.3 is 0 Å². The highest BCUT2D eigenvalue weighted by Gasteiger charge is 2.27. The molecule has 0 amide bonds. The van der Waals surface area contributed by atoms with Crippen LogP contribution in [0.5, 0.6) is 11.5 Å². The molecule has 0 spiro atoms. The van der Waals surface area contributed by atoms with Gasteiger partial charge in [0, 0.05) is 79.2 Å². The summed E-state index contributed by atoms with van der Waals surface area (Å²) in [4.78, 5) is 28.6. The monoisotopic (exact) mass is 618 g/mol. The summed E-state index contributed by atoms with van der Waals surface area (Å²) in [5, 5.41) is 4.69. The number of carbonyl (C=O) groups excluding carboxylic acids is 1. The summed E-state index contributed by atoms with van der Waals surface area (Å²) in [6, 6.07) is 9.48. The second kappa shape index (κ2) is 11.7. The molecule has 0 radical (unpaired) electrons. The maximum Gasteiger partial charge on any atom is 0.229 e. The average Bonchev–Trinajstić information content (AvgIpc) is 3.49. The van der Waals surface area contributed by atoms with Crippen molar-refractivity contribution in [1.82, 2.24) is 19.4 Å². The molecule has 5 aromatic rings. The molecule has 220 valence electrons. The number of nitrogens with one attached hydrogen (secondary N) is 1. The number of rotatable bonds is 10. The van der Waals surface area contributed by atoms with Crippen LogP contribution in [0.2, 0.25) is 10.0 Å². The molecule has 3 aromatic heterocycles. The van der Waals surface area contributed by atoms with Crippen molar-refractivity contribution < 1.29 is 19.0 Å². The third kappa shape index (κ3) is 5.22. The molecular weight excluding hydrogens is 591 g/mol. The Hall–Kier alpha value is -4.38. The van der Waals surface area contributed by atoms with Gasteiger partial charge in [-0.25, -0.2) is 9.97 Å². The van der Waals surface area contributed by atoms with E-state index in [1.165, 1.54) is 20.3 Å². The predicted octanol–water partition coefficient (Wildman–Crippen LogP) is 6.14. The fourth-order valence-corrected chi connectivity index (χ4v) is 5.86. The van der Waals surface area contributed by atoms with Gasteiger partial charge in [0.25, 0.3) is 0 Å². The van der Waals surface area contributed by atoms with Gasteiger partial charge in [0.1, 0.15) is 17.1 Å². The van der Waals surface area contributed by atoms with Crippen molar-refractivity contribution in [3.8, 4) is 22.6 Å². The Bertz CT molecular complexity index is 1860. The molecule has 10 nitrogen and oxygen atoms in total. The van der Waals surface area contributed by atoms with Crippen molar-refractivity contribution in [2.45, 2.75) is 12.5 Å². The number of nitrogens with zero attached hydrogens (tertiary/aromatic N) is 5. The van der Waals surface area contributed by atoms with Crippen LogP contribution in [-0.4, -0.2) is 65.7 Å². The minimum absolute atomic E-state index is 0.0860. The lowest BCUT2D eigenvalue weighted by Gasteiger charge is -2.40. The standard InChI is InChI=1S/C31H28Cl2N6O4/c1-5-20(40)11-17-10-19(38-15-21(16-38)41-2)6-7-23(17)36-31-35-14-18-12-22(30-34-8-9-39(30)29(18)37-31)26-27(32)24(42-3)13-25(43-4)28(26)33/h5-10,12-14,21H,1,11,15-16H2,2-4H3,(H,35,36,37). The highest BCUT2D eigenvalue weighted by atomic mass is 35.5. The van der Waals surface area contributed by atoms with Gasteiger partial charge in [-0.1, -0.05) is 29.8 Å². The van der Waals surface area contributed by atoms with Crippen molar-refractivity contribution in [1.29, 1.82) is 0 Å². The number of allylic oxidation sites excluding steroid dienone is 1. The van der Waals surface area contributed by atoms with Gasteiger partial charge in [0.05, 0.1) is 30.4 Å². The van der Waals surface area contributed by atoms with Crippen LogP contribution in [0, 0.1) is 0 Å². The van der Waals surface area contributed by atoms with E-state index in [4.69, 9.17) is 42.4 Å². The number of ketones is 1. The first-order valence-electron chi connectivity index (χ1n) is 13.4. The molecule has 1 aliphatic rings. The number of aromatic nitrogens is 4. The van der Waals surface area contributed by atoms with Crippen LogP contribution < -0.4 is 19.7 Å². The topological polar surface area (TPSA) is 103 Å². The fourth-order valence-electron chi connectivity index (χ4n) is 5.16. The van der Waals surface area contributed by atoms with E-state index >= 15 is 0 Å². The maximum absolute atomic E-state index is 12.4. The molecule has 6 rings (SSSR count). The molecule has 2 aromatic carbocycles. The summed E-state index contributed by atoms with van der Waals surface area (Å²) in [6.45, 7) is 5.23. The molecule has 1 fully saturated rings. The van der Waals surface area contributed by atoms with E-state index in [0.717, 1.165) is 35.4 Å². The Labute approximate surface area is 257 Å². The molecule has 0 bridgehead atoms. The molecule has 1 N–H and O–H groups in total. The Morgan fingerprint density at radius 2 is 1.81 bits per heavy atom. The summed E-state index contributed by atoms with van der Waals surface area (Å²) in [6.07, 6.45) is 6.92. The van der Waals surface area contributed by atoms with Crippen molar-refractivity contribution >= 4 is 63.0 Å². The molecular formula is C31H28Cl2N6O4. The van der Waals surface area contributed by atoms with Crippen LogP contribution in [-0.2, 0) is 16.0 Å². The van der Waals surface area contributed by atoms with Crippen LogP contribution in [0.3, 0.4) is 0 Å². The lowest BCUT2D eigenvalue weighted by Crippen LogP contribution is -2.51. The summed E-state index contributed by atoms with van der Waals surface area (Å²) in [5.41, 5.74) is 4.94. The Kier molecular flexibility index (Phi) is 7.83. The molecule has 43 heavy (non-hydrogen) atoms.